The van der Waals surface area contributed by atoms with Gasteiger partial charge in [0.05, 0.1) is 5.38 Å². The lowest BCUT2D eigenvalue weighted by Gasteiger charge is -2.10. The van der Waals surface area contributed by atoms with E-state index < -0.39 is 0 Å². The average molecular weight is 249 g/mol. The van der Waals surface area contributed by atoms with Crippen LogP contribution in [-0.2, 0) is 6.42 Å². The summed E-state index contributed by atoms with van der Waals surface area (Å²) in [6, 6.07) is 10.4. The van der Waals surface area contributed by atoms with E-state index >= 15 is 0 Å². The quantitative estimate of drug-likeness (QED) is 0.716. The van der Waals surface area contributed by atoms with E-state index in [4.69, 9.17) is 16.0 Å². The van der Waals surface area contributed by atoms with Crippen LogP contribution in [0.2, 0.25) is 0 Å². The van der Waals surface area contributed by atoms with E-state index in [1.165, 1.54) is 11.1 Å². The molecule has 17 heavy (non-hydrogen) atoms. The Labute approximate surface area is 107 Å². The first-order valence-corrected chi connectivity index (χ1v) is 6.27. The third kappa shape index (κ3) is 2.73. The lowest BCUT2D eigenvalue weighted by atomic mass is 10.0. The number of furan rings is 1. The van der Waals surface area contributed by atoms with Crippen LogP contribution < -0.4 is 0 Å². The van der Waals surface area contributed by atoms with Crippen LogP contribution in [0.25, 0.3) is 0 Å². The van der Waals surface area contributed by atoms with Gasteiger partial charge in [-0.3, -0.25) is 0 Å². The summed E-state index contributed by atoms with van der Waals surface area (Å²) in [4.78, 5) is 0. The average Bonchev–Trinajstić information content (AvgIpc) is 2.61. The number of alkyl halides is 1. The van der Waals surface area contributed by atoms with E-state index in [-0.39, 0.29) is 5.38 Å². The van der Waals surface area contributed by atoms with Gasteiger partial charge < -0.3 is 4.42 Å². The van der Waals surface area contributed by atoms with Gasteiger partial charge in [0, 0.05) is 5.56 Å². The molecule has 2 heteroatoms. The first-order valence-electron chi connectivity index (χ1n) is 5.83. The molecule has 1 nitrogen and oxygen atoms in total. The molecule has 0 aliphatic carbocycles. The first-order chi connectivity index (χ1) is 8.08. The van der Waals surface area contributed by atoms with Crippen molar-refractivity contribution >= 4 is 11.6 Å². The maximum Gasteiger partial charge on any atom is 0.105 e. The highest BCUT2D eigenvalue weighted by atomic mass is 35.5. The molecule has 0 aliphatic heterocycles. The van der Waals surface area contributed by atoms with Crippen LogP contribution in [0.5, 0.6) is 0 Å². The predicted molar refractivity (Wildman–Crippen MR) is 71.7 cm³/mol. The second-order valence-electron chi connectivity index (χ2n) is 4.47. The molecule has 1 aromatic carbocycles. The third-order valence-corrected chi connectivity index (χ3v) is 3.47. The van der Waals surface area contributed by atoms with Crippen LogP contribution in [-0.4, -0.2) is 0 Å². The fourth-order valence-electron chi connectivity index (χ4n) is 2.10. The van der Waals surface area contributed by atoms with Crippen LogP contribution >= 0.6 is 11.6 Å². The van der Waals surface area contributed by atoms with Crippen molar-refractivity contribution in [3.05, 3.63) is 58.5 Å². The monoisotopic (exact) mass is 248 g/mol. The van der Waals surface area contributed by atoms with Gasteiger partial charge in [0.25, 0.3) is 0 Å². The molecule has 0 amide bonds. The molecule has 1 atom stereocenters. The van der Waals surface area contributed by atoms with Crippen LogP contribution in [0.3, 0.4) is 0 Å². The van der Waals surface area contributed by atoms with E-state index in [0.29, 0.717) is 0 Å². The van der Waals surface area contributed by atoms with E-state index in [9.17, 15) is 0 Å². The molecule has 0 spiro atoms. The van der Waals surface area contributed by atoms with Crippen molar-refractivity contribution in [2.45, 2.75) is 32.6 Å². The Morgan fingerprint density at radius 3 is 2.47 bits per heavy atom. The zero-order chi connectivity index (χ0) is 12.4. The van der Waals surface area contributed by atoms with Gasteiger partial charge in [0.1, 0.15) is 11.5 Å². The predicted octanol–water partition coefficient (Wildman–Crippen LogP) is 4.73. The zero-order valence-electron chi connectivity index (χ0n) is 10.5. The van der Waals surface area contributed by atoms with E-state index in [1.54, 1.807) is 0 Å². The van der Waals surface area contributed by atoms with Crippen LogP contribution in [0.1, 0.15) is 33.6 Å². The number of hydrogen-bond donors (Lipinski definition) is 0. The van der Waals surface area contributed by atoms with E-state index in [2.05, 4.69) is 31.2 Å². The summed E-state index contributed by atoms with van der Waals surface area (Å²) >= 11 is 6.47. The highest BCUT2D eigenvalue weighted by Crippen LogP contribution is 2.30. The molecular formula is C15H17ClO. The van der Waals surface area contributed by atoms with Crippen molar-refractivity contribution < 1.29 is 4.42 Å². The van der Waals surface area contributed by atoms with Gasteiger partial charge in [0.2, 0.25) is 0 Å². The SMILES string of the molecule is Cc1cc(C(Cl)Cc2ccccc2C)c(C)o1. The first kappa shape index (κ1) is 12.3. The number of benzene rings is 1. The summed E-state index contributed by atoms with van der Waals surface area (Å²) in [7, 11) is 0. The molecule has 0 saturated carbocycles. The smallest absolute Gasteiger partial charge is 0.105 e. The van der Waals surface area contributed by atoms with Gasteiger partial charge in [-0.2, -0.15) is 0 Å². The van der Waals surface area contributed by atoms with E-state index in [0.717, 1.165) is 23.5 Å². The molecule has 1 aromatic heterocycles. The molecule has 2 aromatic rings. The lowest BCUT2D eigenvalue weighted by molar-refractivity contribution is 0.500. The second-order valence-corrected chi connectivity index (χ2v) is 4.99. The minimum atomic E-state index is -0.0199. The Bertz CT molecular complexity index is 513. The molecule has 0 bridgehead atoms. The molecule has 0 N–H and O–H groups in total. The largest absolute Gasteiger partial charge is 0.466 e. The van der Waals surface area contributed by atoms with Gasteiger partial charge in [-0.15, -0.1) is 11.6 Å². The number of halogens is 1. The molecular weight excluding hydrogens is 232 g/mol. The van der Waals surface area contributed by atoms with Crippen molar-refractivity contribution in [2.24, 2.45) is 0 Å². The fourth-order valence-corrected chi connectivity index (χ4v) is 2.49. The van der Waals surface area contributed by atoms with Crippen molar-refractivity contribution in [2.75, 3.05) is 0 Å². The normalized spacial score (nSPS) is 12.7. The lowest BCUT2D eigenvalue weighted by Crippen LogP contribution is -1.98. The summed E-state index contributed by atoms with van der Waals surface area (Å²) in [5.41, 5.74) is 3.69. The molecule has 2 rings (SSSR count). The summed E-state index contributed by atoms with van der Waals surface area (Å²) in [5.74, 6) is 1.85. The van der Waals surface area contributed by atoms with Crippen LogP contribution in [0.4, 0.5) is 0 Å². The van der Waals surface area contributed by atoms with Crippen LogP contribution in [0, 0.1) is 20.8 Å². The van der Waals surface area contributed by atoms with Gasteiger partial charge >= 0.3 is 0 Å². The molecule has 1 heterocycles. The zero-order valence-corrected chi connectivity index (χ0v) is 11.2. The van der Waals surface area contributed by atoms with Gasteiger partial charge in [-0.05, 0) is 44.4 Å². The molecule has 1 unspecified atom stereocenters. The number of rotatable bonds is 3. The summed E-state index contributed by atoms with van der Waals surface area (Å²) in [6.07, 6.45) is 0.841. The van der Waals surface area contributed by atoms with E-state index in [1.807, 2.05) is 19.9 Å². The number of aryl methyl sites for hydroxylation is 3. The Hall–Kier alpha value is -1.21. The summed E-state index contributed by atoms with van der Waals surface area (Å²) < 4.78 is 5.52. The summed E-state index contributed by atoms with van der Waals surface area (Å²) in [6.45, 7) is 6.04. The van der Waals surface area contributed by atoms with Crippen molar-refractivity contribution in [3.63, 3.8) is 0 Å². The summed E-state index contributed by atoms with van der Waals surface area (Å²) in [5, 5.41) is -0.0199. The highest BCUT2D eigenvalue weighted by Gasteiger charge is 2.15. The highest BCUT2D eigenvalue weighted by molar-refractivity contribution is 6.21. The Morgan fingerprint density at radius 2 is 1.88 bits per heavy atom. The second kappa shape index (κ2) is 4.97. The Kier molecular flexibility index (Phi) is 3.58. The minimum Gasteiger partial charge on any atom is -0.466 e. The third-order valence-electron chi connectivity index (χ3n) is 3.08. The standard InChI is InChI=1S/C15H17ClO/c1-10-6-4-5-7-13(10)9-15(16)14-8-11(2)17-12(14)3/h4-8,15H,9H2,1-3H3. The van der Waals surface area contributed by atoms with Gasteiger partial charge in [0.15, 0.2) is 0 Å². The van der Waals surface area contributed by atoms with Crippen molar-refractivity contribution in [1.82, 2.24) is 0 Å². The Balaban J connectivity index is 2.20. The van der Waals surface area contributed by atoms with Gasteiger partial charge in [-0.25, -0.2) is 0 Å². The molecule has 90 valence electrons. The topological polar surface area (TPSA) is 13.1 Å². The molecule has 0 fully saturated rings. The maximum absolute atomic E-state index is 6.47. The van der Waals surface area contributed by atoms with Gasteiger partial charge in [-0.1, -0.05) is 24.3 Å². The van der Waals surface area contributed by atoms with Crippen molar-refractivity contribution in [3.8, 4) is 0 Å². The fraction of sp³-hybridized carbons (Fsp3) is 0.333. The Morgan fingerprint density at radius 1 is 1.18 bits per heavy atom. The molecule has 0 aliphatic rings. The van der Waals surface area contributed by atoms with Crippen molar-refractivity contribution in [1.29, 1.82) is 0 Å². The maximum atomic E-state index is 6.47. The molecule has 0 radical (unpaired) electrons. The van der Waals surface area contributed by atoms with Crippen LogP contribution in [0.15, 0.2) is 34.7 Å². The minimum absolute atomic E-state index is 0.0199. The number of hydrogen-bond acceptors (Lipinski definition) is 1. The molecule has 0 saturated heterocycles.